The van der Waals surface area contributed by atoms with Crippen molar-refractivity contribution in [1.29, 1.82) is 0 Å². The van der Waals surface area contributed by atoms with Crippen LogP contribution >= 0.6 is 23.2 Å². The molecule has 1 unspecified atom stereocenters. The van der Waals surface area contributed by atoms with E-state index in [1.807, 2.05) is 6.92 Å². The summed E-state index contributed by atoms with van der Waals surface area (Å²) in [6.07, 6.45) is 3.80. The van der Waals surface area contributed by atoms with E-state index in [1.54, 1.807) is 22.5 Å². The summed E-state index contributed by atoms with van der Waals surface area (Å²) in [6.45, 7) is 2.63. The van der Waals surface area contributed by atoms with Crippen molar-refractivity contribution in [3.05, 3.63) is 28.8 Å². The van der Waals surface area contributed by atoms with Crippen molar-refractivity contribution in [3.8, 4) is 0 Å². The van der Waals surface area contributed by atoms with Crippen LogP contribution in [0, 0.1) is 0 Å². The lowest BCUT2D eigenvalue weighted by atomic mass is 10.0. The molecule has 1 aromatic rings. The number of halogens is 2. The molecule has 0 spiro atoms. The Bertz CT molecular complexity index is 575. The van der Waals surface area contributed by atoms with Gasteiger partial charge in [-0.2, -0.15) is 4.31 Å². The molecule has 20 heavy (non-hydrogen) atoms. The SMILES string of the molecule is CCC1CCCCN1S(=O)(=O)c1ccc(Cl)c(CCl)c1. The van der Waals surface area contributed by atoms with Crippen molar-refractivity contribution in [2.45, 2.75) is 49.4 Å². The van der Waals surface area contributed by atoms with Gasteiger partial charge in [-0.1, -0.05) is 24.9 Å². The van der Waals surface area contributed by atoms with Gasteiger partial charge in [-0.25, -0.2) is 8.42 Å². The van der Waals surface area contributed by atoms with Crippen LogP contribution in [0.4, 0.5) is 0 Å². The maximum atomic E-state index is 12.8. The third-order valence-corrected chi connectivity index (χ3v) is 6.42. The minimum Gasteiger partial charge on any atom is -0.207 e. The first kappa shape index (κ1) is 16.1. The lowest BCUT2D eigenvalue weighted by molar-refractivity contribution is 0.246. The van der Waals surface area contributed by atoms with E-state index in [2.05, 4.69) is 0 Å². The molecule has 3 nitrogen and oxygen atoms in total. The zero-order valence-corrected chi connectivity index (χ0v) is 13.8. The van der Waals surface area contributed by atoms with Crippen molar-refractivity contribution in [2.24, 2.45) is 0 Å². The van der Waals surface area contributed by atoms with Gasteiger partial charge in [-0.05, 0) is 43.0 Å². The Morgan fingerprint density at radius 3 is 2.75 bits per heavy atom. The maximum absolute atomic E-state index is 12.8. The van der Waals surface area contributed by atoms with E-state index in [9.17, 15) is 8.42 Å². The predicted octanol–water partition coefficient (Wildman–Crippen LogP) is 4.03. The largest absolute Gasteiger partial charge is 0.243 e. The van der Waals surface area contributed by atoms with Gasteiger partial charge in [-0.3, -0.25) is 0 Å². The van der Waals surface area contributed by atoms with Gasteiger partial charge in [0, 0.05) is 23.5 Å². The van der Waals surface area contributed by atoms with E-state index >= 15 is 0 Å². The summed E-state index contributed by atoms with van der Waals surface area (Å²) in [6, 6.07) is 4.86. The van der Waals surface area contributed by atoms with Crippen molar-refractivity contribution in [3.63, 3.8) is 0 Å². The first-order chi connectivity index (χ1) is 9.50. The number of rotatable bonds is 4. The predicted molar refractivity (Wildman–Crippen MR) is 82.8 cm³/mol. The Kier molecular flexibility index (Phi) is 5.35. The van der Waals surface area contributed by atoms with Crippen LogP contribution in [0.2, 0.25) is 5.02 Å². The number of piperidine rings is 1. The van der Waals surface area contributed by atoms with E-state index in [1.165, 1.54) is 0 Å². The minimum atomic E-state index is -3.46. The van der Waals surface area contributed by atoms with Gasteiger partial charge >= 0.3 is 0 Å². The highest BCUT2D eigenvalue weighted by Crippen LogP contribution is 2.29. The smallest absolute Gasteiger partial charge is 0.207 e. The van der Waals surface area contributed by atoms with Crippen LogP contribution < -0.4 is 0 Å². The van der Waals surface area contributed by atoms with E-state index in [0.29, 0.717) is 17.1 Å². The third kappa shape index (κ3) is 3.14. The fourth-order valence-electron chi connectivity index (χ4n) is 2.65. The summed E-state index contributed by atoms with van der Waals surface area (Å²) in [5, 5.41) is 0.504. The van der Waals surface area contributed by atoms with Gasteiger partial charge in [-0.15, -0.1) is 11.6 Å². The van der Waals surface area contributed by atoms with E-state index in [4.69, 9.17) is 23.2 Å². The molecule has 1 heterocycles. The first-order valence-corrected chi connectivity index (χ1v) is 9.22. The molecule has 112 valence electrons. The van der Waals surface area contributed by atoms with Crippen molar-refractivity contribution < 1.29 is 8.42 Å². The van der Waals surface area contributed by atoms with Crippen LogP contribution in [0.3, 0.4) is 0 Å². The highest BCUT2D eigenvalue weighted by molar-refractivity contribution is 7.89. The standard InChI is InChI=1S/C14H19Cl2NO2S/c1-2-12-5-3-4-8-17(12)20(18,19)13-6-7-14(16)11(9-13)10-15/h6-7,9,12H,2-5,8,10H2,1H3. The average Bonchev–Trinajstić information content (AvgIpc) is 2.47. The summed E-state index contributed by atoms with van der Waals surface area (Å²) in [5.74, 6) is 0.208. The fraction of sp³-hybridized carbons (Fsp3) is 0.571. The Balaban J connectivity index is 2.38. The van der Waals surface area contributed by atoms with Crippen LogP contribution in [-0.4, -0.2) is 25.3 Å². The number of hydrogen-bond acceptors (Lipinski definition) is 2. The average molecular weight is 336 g/mol. The molecule has 0 bridgehead atoms. The monoisotopic (exact) mass is 335 g/mol. The summed E-state index contributed by atoms with van der Waals surface area (Å²) in [7, 11) is -3.46. The normalized spacial score (nSPS) is 21.1. The molecule has 1 saturated heterocycles. The minimum absolute atomic E-state index is 0.101. The van der Waals surface area contributed by atoms with Crippen LogP contribution in [0.25, 0.3) is 0 Å². The molecular formula is C14H19Cl2NO2S. The molecule has 1 atom stereocenters. The fourth-order valence-corrected chi connectivity index (χ4v) is 4.94. The second kappa shape index (κ2) is 6.65. The van der Waals surface area contributed by atoms with Gasteiger partial charge < -0.3 is 0 Å². The molecule has 1 fully saturated rings. The van der Waals surface area contributed by atoms with Crippen molar-refractivity contribution >= 4 is 33.2 Å². The summed E-state index contributed by atoms with van der Waals surface area (Å²) >= 11 is 11.8. The van der Waals surface area contributed by atoms with E-state index in [0.717, 1.165) is 25.7 Å². The Hall–Kier alpha value is -0.290. The first-order valence-electron chi connectivity index (χ1n) is 6.87. The number of sulfonamides is 1. The molecule has 1 aromatic carbocycles. The van der Waals surface area contributed by atoms with Crippen molar-refractivity contribution in [2.75, 3.05) is 6.54 Å². The molecule has 6 heteroatoms. The molecule has 0 aromatic heterocycles. The van der Waals surface area contributed by atoms with Gasteiger partial charge in [0.15, 0.2) is 0 Å². The van der Waals surface area contributed by atoms with Crippen molar-refractivity contribution in [1.82, 2.24) is 4.31 Å². The summed E-state index contributed by atoms with van der Waals surface area (Å²) < 4.78 is 27.2. The lowest BCUT2D eigenvalue weighted by Gasteiger charge is -2.34. The zero-order chi connectivity index (χ0) is 14.8. The highest BCUT2D eigenvalue weighted by atomic mass is 35.5. The summed E-state index contributed by atoms with van der Waals surface area (Å²) in [4.78, 5) is 0.290. The maximum Gasteiger partial charge on any atom is 0.243 e. The Morgan fingerprint density at radius 1 is 1.35 bits per heavy atom. The highest BCUT2D eigenvalue weighted by Gasteiger charge is 2.32. The number of alkyl halides is 1. The summed E-state index contributed by atoms with van der Waals surface area (Å²) in [5.41, 5.74) is 0.652. The van der Waals surface area contributed by atoms with Crippen LogP contribution in [0.1, 0.15) is 38.2 Å². The Labute approximate surface area is 130 Å². The quantitative estimate of drug-likeness (QED) is 0.779. The number of hydrogen-bond donors (Lipinski definition) is 0. The molecule has 0 radical (unpaired) electrons. The second-order valence-electron chi connectivity index (χ2n) is 5.06. The van der Waals surface area contributed by atoms with Crippen LogP contribution in [0.15, 0.2) is 23.1 Å². The van der Waals surface area contributed by atoms with Gasteiger partial charge in [0.05, 0.1) is 4.90 Å². The topological polar surface area (TPSA) is 37.4 Å². The van der Waals surface area contributed by atoms with Gasteiger partial charge in [0.25, 0.3) is 0 Å². The number of benzene rings is 1. The second-order valence-corrected chi connectivity index (χ2v) is 7.63. The molecule has 2 rings (SSSR count). The lowest BCUT2D eigenvalue weighted by Crippen LogP contribution is -2.43. The molecule has 0 saturated carbocycles. The molecule has 1 aliphatic rings. The third-order valence-electron chi connectivity index (χ3n) is 3.81. The molecule has 0 N–H and O–H groups in total. The van der Waals surface area contributed by atoms with Crippen LogP contribution in [0.5, 0.6) is 0 Å². The molecule has 0 amide bonds. The van der Waals surface area contributed by atoms with E-state index in [-0.39, 0.29) is 16.8 Å². The molecule has 1 aliphatic heterocycles. The molecule has 0 aliphatic carbocycles. The van der Waals surface area contributed by atoms with Crippen LogP contribution in [-0.2, 0) is 15.9 Å². The molecular weight excluding hydrogens is 317 g/mol. The van der Waals surface area contributed by atoms with Gasteiger partial charge in [0.2, 0.25) is 10.0 Å². The Morgan fingerprint density at radius 2 is 2.10 bits per heavy atom. The number of nitrogens with zero attached hydrogens (tertiary/aromatic N) is 1. The van der Waals surface area contributed by atoms with E-state index < -0.39 is 10.0 Å². The van der Waals surface area contributed by atoms with Gasteiger partial charge in [0.1, 0.15) is 0 Å². The zero-order valence-electron chi connectivity index (χ0n) is 11.5.